The summed E-state index contributed by atoms with van der Waals surface area (Å²) in [4.78, 5) is 25.6. The van der Waals surface area contributed by atoms with E-state index in [4.69, 9.17) is 13.9 Å². The van der Waals surface area contributed by atoms with Crippen molar-refractivity contribution in [2.75, 3.05) is 19.5 Å². The fraction of sp³-hybridized carbons (Fsp3) is 0.130. The third-order valence-electron chi connectivity index (χ3n) is 4.19. The molecule has 0 saturated carbocycles. The van der Waals surface area contributed by atoms with E-state index >= 15 is 0 Å². The fourth-order valence-electron chi connectivity index (χ4n) is 2.69. The monoisotopic (exact) mass is 406 g/mol. The molecule has 0 aliphatic carbocycles. The molecule has 7 heteroatoms. The van der Waals surface area contributed by atoms with Crippen LogP contribution in [0.3, 0.4) is 0 Å². The van der Waals surface area contributed by atoms with E-state index in [2.05, 4.69) is 10.6 Å². The summed E-state index contributed by atoms with van der Waals surface area (Å²) in [5, 5.41) is 5.41. The minimum Gasteiger partial charge on any atom is -0.497 e. The predicted molar refractivity (Wildman–Crippen MR) is 114 cm³/mol. The number of ether oxygens (including phenoxy) is 2. The molecule has 7 nitrogen and oxygen atoms in total. The van der Waals surface area contributed by atoms with Crippen molar-refractivity contribution in [2.24, 2.45) is 0 Å². The molecule has 0 aliphatic rings. The molecule has 3 rings (SSSR count). The molecule has 0 saturated heterocycles. The van der Waals surface area contributed by atoms with Gasteiger partial charge in [-0.2, -0.15) is 0 Å². The van der Waals surface area contributed by atoms with E-state index in [0.717, 1.165) is 0 Å². The van der Waals surface area contributed by atoms with Gasteiger partial charge in [0.2, 0.25) is 0 Å². The van der Waals surface area contributed by atoms with Crippen LogP contribution in [0.1, 0.15) is 21.9 Å². The highest BCUT2D eigenvalue weighted by molar-refractivity contribution is 6.10. The number of carbonyl (C=O) groups is 2. The molecule has 0 fully saturated rings. The predicted octanol–water partition coefficient (Wildman–Crippen LogP) is 4.01. The summed E-state index contributed by atoms with van der Waals surface area (Å²) in [6, 6.07) is 17.1. The zero-order valence-corrected chi connectivity index (χ0v) is 16.9. The maximum absolute atomic E-state index is 13.0. The van der Waals surface area contributed by atoms with Crippen molar-refractivity contribution >= 4 is 23.6 Å². The summed E-state index contributed by atoms with van der Waals surface area (Å²) in [6.45, 7) is 1.79. The summed E-state index contributed by atoms with van der Waals surface area (Å²) in [5.74, 6) is 1.23. The molecule has 30 heavy (non-hydrogen) atoms. The van der Waals surface area contributed by atoms with E-state index in [1.807, 2.05) is 6.07 Å². The van der Waals surface area contributed by atoms with Gasteiger partial charge in [0.15, 0.2) is 0 Å². The molecular weight excluding hydrogens is 384 g/mol. The number of methoxy groups -OCH3 is 2. The van der Waals surface area contributed by atoms with E-state index < -0.39 is 11.8 Å². The molecule has 154 valence electrons. The number of hydrogen-bond donors (Lipinski definition) is 2. The molecule has 0 atom stereocenters. The van der Waals surface area contributed by atoms with Crippen LogP contribution in [-0.2, 0) is 4.79 Å². The van der Waals surface area contributed by atoms with Crippen LogP contribution in [0.15, 0.2) is 70.8 Å². The van der Waals surface area contributed by atoms with Crippen LogP contribution in [-0.4, -0.2) is 26.0 Å². The van der Waals surface area contributed by atoms with Crippen LogP contribution < -0.4 is 20.1 Å². The standard InChI is InChI=1S/C23H22N2O5/c1-15-9-10-18(30-15)14-21(25-22(26)16-7-5-4-6-8-16)23(27)24-17-11-19(28-2)13-20(12-17)29-3/h4-14H,1-3H3,(H,24,27)(H,25,26)/b21-14-. The third kappa shape index (κ3) is 5.29. The van der Waals surface area contributed by atoms with Crippen molar-refractivity contribution < 1.29 is 23.5 Å². The van der Waals surface area contributed by atoms with Gasteiger partial charge in [0.05, 0.1) is 14.2 Å². The van der Waals surface area contributed by atoms with E-state index in [1.165, 1.54) is 20.3 Å². The summed E-state index contributed by atoms with van der Waals surface area (Å²) in [6.07, 6.45) is 1.47. The molecule has 0 radical (unpaired) electrons. The Labute approximate surface area is 174 Å². The van der Waals surface area contributed by atoms with Gasteiger partial charge in [-0.1, -0.05) is 18.2 Å². The second kappa shape index (κ2) is 9.47. The Morgan fingerprint density at radius 2 is 1.60 bits per heavy atom. The minimum atomic E-state index is -0.524. The first kappa shape index (κ1) is 20.7. The Kier molecular flexibility index (Phi) is 6.54. The van der Waals surface area contributed by atoms with Crippen molar-refractivity contribution in [3.8, 4) is 11.5 Å². The molecule has 0 unspecified atom stereocenters. The van der Waals surface area contributed by atoms with Crippen LogP contribution in [0.2, 0.25) is 0 Å². The van der Waals surface area contributed by atoms with Crippen LogP contribution in [0.4, 0.5) is 5.69 Å². The lowest BCUT2D eigenvalue weighted by Crippen LogP contribution is -2.30. The van der Waals surface area contributed by atoms with Crippen LogP contribution in [0.25, 0.3) is 6.08 Å². The molecule has 0 aliphatic heterocycles. The Morgan fingerprint density at radius 3 is 2.17 bits per heavy atom. The van der Waals surface area contributed by atoms with Crippen molar-refractivity contribution in [2.45, 2.75) is 6.92 Å². The lowest BCUT2D eigenvalue weighted by atomic mass is 10.2. The fourth-order valence-corrected chi connectivity index (χ4v) is 2.69. The Balaban J connectivity index is 1.88. The highest BCUT2D eigenvalue weighted by Crippen LogP contribution is 2.26. The van der Waals surface area contributed by atoms with Gasteiger partial charge < -0.3 is 24.5 Å². The van der Waals surface area contributed by atoms with E-state index in [9.17, 15) is 9.59 Å². The second-order valence-electron chi connectivity index (χ2n) is 6.38. The van der Waals surface area contributed by atoms with Crippen LogP contribution in [0.5, 0.6) is 11.5 Å². The number of furan rings is 1. The van der Waals surface area contributed by atoms with Gasteiger partial charge in [0.1, 0.15) is 28.7 Å². The Morgan fingerprint density at radius 1 is 0.933 bits per heavy atom. The first-order valence-electron chi connectivity index (χ1n) is 9.17. The molecule has 3 aromatic rings. The van der Waals surface area contributed by atoms with Crippen molar-refractivity contribution in [1.82, 2.24) is 5.32 Å². The number of carbonyl (C=O) groups excluding carboxylic acids is 2. The molecule has 2 N–H and O–H groups in total. The molecule has 1 heterocycles. The highest BCUT2D eigenvalue weighted by Gasteiger charge is 2.16. The van der Waals surface area contributed by atoms with Crippen LogP contribution >= 0.6 is 0 Å². The lowest BCUT2D eigenvalue weighted by Gasteiger charge is -2.13. The normalized spacial score (nSPS) is 11.0. The molecule has 2 amide bonds. The smallest absolute Gasteiger partial charge is 0.272 e. The first-order valence-corrected chi connectivity index (χ1v) is 9.17. The maximum Gasteiger partial charge on any atom is 0.272 e. The molecule has 0 spiro atoms. The van der Waals surface area contributed by atoms with Gasteiger partial charge in [-0.05, 0) is 31.2 Å². The quantitative estimate of drug-likeness (QED) is 0.579. The number of hydrogen-bond acceptors (Lipinski definition) is 5. The topological polar surface area (TPSA) is 89.8 Å². The van der Waals surface area contributed by atoms with Gasteiger partial charge in [0, 0.05) is 35.5 Å². The van der Waals surface area contributed by atoms with E-state index in [0.29, 0.717) is 34.3 Å². The van der Waals surface area contributed by atoms with Gasteiger partial charge in [0.25, 0.3) is 11.8 Å². The van der Waals surface area contributed by atoms with Gasteiger partial charge in [-0.3, -0.25) is 9.59 Å². The molecular formula is C23H22N2O5. The zero-order valence-electron chi connectivity index (χ0n) is 16.9. The highest BCUT2D eigenvalue weighted by atomic mass is 16.5. The third-order valence-corrected chi connectivity index (χ3v) is 4.19. The minimum absolute atomic E-state index is 0.0278. The maximum atomic E-state index is 13.0. The van der Waals surface area contributed by atoms with Crippen molar-refractivity contribution in [3.63, 3.8) is 0 Å². The number of aryl methyl sites for hydroxylation is 1. The van der Waals surface area contributed by atoms with E-state index in [1.54, 1.807) is 61.5 Å². The number of rotatable bonds is 7. The average Bonchev–Trinajstić information content (AvgIpc) is 3.18. The lowest BCUT2D eigenvalue weighted by molar-refractivity contribution is -0.113. The average molecular weight is 406 g/mol. The summed E-state index contributed by atoms with van der Waals surface area (Å²) < 4.78 is 16.0. The summed E-state index contributed by atoms with van der Waals surface area (Å²) in [5.41, 5.74) is 0.904. The van der Waals surface area contributed by atoms with Crippen LogP contribution in [0, 0.1) is 6.92 Å². The Bertz CT molecular complexity index is 1050. The SMILES string of the molecule is COc1cc(NC(=O)/C(=C/c2ccc(C)o2)NC(=O)c2ccccc2)cc(OC)c1. The zero-order chi connectivity index (χ0) is 21.5. The number of benzene rings is 2. The second-order valence-corrected chi connectivity index (χ2v) is 6.38. The first-order chi connectivity index (χ1) is 14.5. The van der Waals surface area contributed by atoms with E-state index in [-0.39, 0.29) is 5.70 Å². The van der Waals surface area contributed by atoms with Crippen molar-refractivity contribution in [1.29, 1.82) is 0 Å². The molecule has 2 aromatic carbocycles. The number of amides is 2. The summed E-state index contributed by atoms with van der Waals surface area (Å²) in [7, 11) is 3.04. The van der Waals surface area contributed by atoms with Gasteiger partial charge >= 0.3 is 0 Å². The van der Waals surface area contributed by atoms with Gasteiger partial charge in [-0.15, -0.1) is 0 Å². The summed E-state index contributed by atoms with van der Waals surface area (Å²) >= 11 is 0. The largest absolute Gasteiger partial charge is 0.497 e. The van der Waals surface area contributed by atoms with Crippen molar-refractivity contribution in [3.05, 3.63) is 83.4 Å². The number of nitrogens with one attached hydrogen (secondary N) is 2. The number of anilines is 1. The Hall–Kier alpha value is -4.00. The molecule has 1 aromatic heterocycles. The molecule has 0 bridgehead atoms. The van der Waals surface area contributed by atoms with Gasteiger partial charge in [-0.25, -0.2) is 0 Å².